The zero-order chi connectivity index (χ0) is 16.8. The van der Waals surface area contributed by atoms with Gasteiger partial charge in [0.25, 0.3) is 0 Å². The number of hydrogen-bond acceptors (Lipinski definition) is 5. The molecule has 1 amide bonds. The van der Waals surface area contributed by atoms with Gasteiger partial charge in [0, 0.05) is 32.1 Å². The molecule has 0 saturated carbocycles. The number of ether oxygens (including phenoxy) is 1. The van der Waals surface area contributed by atoms with E-state index >= 15 is 0 Å². The van der Waals surface area contributed by atoms with Crippen molar-refractivity contribution in [2.24, 2.45) is 0 Å². The molecule has 3 rings (SSSR count). The molecular formula is C18H25N3O2S. The van der Waals surface area contributed by atoms with Crippen molar-refractivity contribution in [3.63, 3.8) is 0 Å². The van der Waals surface area contributed by atoms with E-state index < -0.39 is 0 Å². The van der Waals surface area contributed by atoms with Gasteiger partial charge < -0.3 is 10.1 Å². The minimum absolute atomic E-state index is 0.136. The number of carbonyl (C=O) groups is 1. The Morgan fingerprint density at radius 2 is 2.17 bits per heavy atom. The Hall–Kier alpha value is -1.50. The van der Waals surface area contributed by atoms with Crippen LogP contribution < -0.4 is 5.32 Å². The lowest BCUT2D eigenvalue weighted by Crippen LogP contribution is -2.45. The first kappa shape index (κ1) is 17.3. The maximum atomic E-state index is 12.1. The predicted molar refractivity (Wildman–Crippen MR) is 97.4 cm³/mol. The summed E-state index contributed by atoms with van der Waals surface area (Å²) in [7, 11) is 0. The maximum absolute atomic E-state index is 12.1. The summed E-state index contributed by atoms with van der Waals surface area (Å²) in [5.41, 5.74) is 1.06. The van der Waals surface area contributed by atoms with Gasteiger partial charge in [0.15, 0.2) is 0 Å². The van der Waals surface area contributed by atoms with Crippen LogP contribution in [0.25, 0.3) is 10.2 Å². The van der Waals surface area contributed by atoms with Crippen molar-refractivity contribution in [2.75, 3.05) is 32.8 Å². The lowest BCUT2D eigenvalue weighted by atomic mass is 10.2. The van der Waals surface area contributed by atoms with Gasteiger partial charge in [-0.25, -0.2) is 4.98 Å². The summed E-state index contributed by atoms with van der Waals surface area (Å²) >= 11 is 1.72. The van der Waals surface area contributed by atoms with Gasteiger partial charge in [0.05, 0.1) is 28.4 Å². The van der Waals surface area contributed by atoms with Crippen LogP contribution >= 0.6 is 11.3 Å². The highest BCUT2D eigenvalue weighted by Gasteiger charge is 2.15. The van der Waals surface area contributed by atoms with Crippen LogP contribution in [0.15, 0.2) is 24.3 Å². The van der Waals surface area contributed by atoms with Crippen LogP contribution in [0, 0.1) is 0 Å². The second-order valence-electron chi connectivity index (χ2n) is 6.31. The molecule has 0 spiro atoms. The number of nitrogens with zero attached hydrogens (tertiary/aromatic N) is 2. The van der Waals surface area contributed by atoms with E-state index in [-0.39, 0.29) is 11.9 Å². The van der Waals surface area contributed by atoms with Crippen LogP contribution in [-0.2, 0) is 16.0 Å². The Morgan fingerprint density at radius 3 is 2.96 bits per heavy atom. The van der Waals surface area contributed by atoms with Gasteiger partial charge in [-0.2, -0.15) is 0 Å². The molecule has 1 aliphatic heterocycles. The van der Waals surface area contributed by atoms with E-state index in [0.29, 0.717) is 6.42 Å². The molecule has 0 bridgehead atoms. The lowest BCUT2D eigenvalue weighted by molar-refractivity contribution is -0.121. The molecule has 0 aliphatic carbocycles. The number of amides is 1. The molecule has 2 aromatic rings. The molecule has 2 heterocycles. The molecule has 5 nitrogen and oxygen atoms in total. The Balaban J connectivity index is 1.37. The Bertz CT molecular complexity index is 634. The van der Waals surface area contributed by atoms with Crippen molar-refractivity contribution in [1.82, 2.24) is 15.2 Å². The van der Waals surface area contributed by atoms with E-state index in [1.807, 2.05) is 18.2 Å². The van der Waals surface area contributed by atoms with Crippen molar-refractivity contribution < 1.29 is 9.53 Å². The van der Waals surface area contributed by atoms with Crippen molar-refractivity contribution >= 4 is 27.5 Å². The summed E-state index contributed by atoms with van der Waals surface area (Å²) in [5.74, 6) is 0.136. The fourth-order valence-corrected chi connectivity index (χ4v) is 4.00. The number of benzene rings is 1. The van der Waals surface area contributed by atoms with E-state index in [2.05, 4.69) is 28.2 Å². The summed E-state index contributed by atoms with van der Waals surface area (Å²) < 4.78 is 6.56. The zero-order valence-corrected chi connectivity index (χ0v) is 15.0. The van der Waals surface area contributed by atoms with Crippen LogP contribution in [0.3, 0.4) is 0 Å². The smallest absolute Gasteiger partial charge is 0.220 e. The van der Waals surface area contributed by atoms with Gasteiger partial charge in [-0.05, 0) is 31.9 Å². The number of aryl methyl sites for hydroxylation is 1. The summed E-state index contributed by atoms with van der Waals surface area (Å²) in [4.78, 5) is 19.0. The molecular weight excluding hydrogens is 322 g/mol. The molecule has 6 heteroatoms. The molecule has 24 heavy (non-hydrogen) atoms. The summed E-state index contributed by atoms with van der Waals surface area (Å²) in [5, 5.41) is 4.22. The van der Waals surface area contributed by atoms with Crippen LogP contribution in [0.1, 0.15) is 24.8 Å². The minimum atomic E-state index is 0.136. The normalized spacial score (nSPS) is 17.0. The van der Waals surface area contributed by atoms with Gasteiger partial charge >= 0.3 is 0 Å². The molecule has 1 saturated heterocycles. The summed E-state index contributed by atoms with van der Waals surface area (Å²) in [6, 6.07) is 8.35. The maximum Gasteiger partial charge on any atom is 0.220 e. The Labute approximate surface area is 147 Å². The van der Waals surface area contributed by atoms with Crippen molar-refractivity contribution in [2.45, 2.75) is 32.2 Å². The van der Waals surface area contributed by atoms with Crippen LogP contribution in [0.4, 0.5) is 0 Å². The number of nitrogens with one attached hydrogen (secondary N) is 1. The molecule has 1 aromatic heterocycles. The third-order valence-electron chi connectivity index (χ3n) is 4.18. The number of fused-ring (bicyclic) bond motifs is 1. The molecule has 0 radical (unpaired) electrons. The Kier molecular flexibility index (Phi) is 6.18. The molecule has 1 fully saturated rings. The van der Waals surface area contributed by atoms with Gasteiger partial charge in [-0.15, -0.1) is 11.3 Å². The quantitative estimate of drug-likeness (QED) is 0.836. The third kappa shape index (κ3) is 5.00. The number of thiazole rings is 1. The number of rotatable bonds is 7. The van der Waals surface area contributed by atoms with E-state index in [0.717, 1.165) is 56.2 Å². The van der Waals surface area contributed by atoms with Crippen molar-refractivity contribution in [3.05, 3.63) is 29.3 Å². The fourth-order valence-electron chi connectivity index (χ4n) is 2.99. The molecule has 1 N–H and O–H groups in total. The van der Waals surface area contributed by atoms with Gasteiger partial charge in [0.2, 0.25) is 5.91 Å². The highest BCUT2D eigenvalue weighted by molar-refractivity contribution is 7.18. The van der Waals surface area contributed by atoms with Gasteiger partial charge in [0.1, 0.15) is 0 Å². The standard InChI is InChI=1S/C18H25N3O2S/c1-14(13-21-9-11-23-12-10-21)19-17(22)7-4-8-18-20-15-5-2-3-6-16(15)24-18/h2-3,5-6,14H,4,7-13H2,1H3,(H,19,22). The highest BCUT2D eigenvalue weighted by atomic mass is 32.1. The number of morpholine rings is 1. The van der Waals surface area contributed by atoms with E-state index in [1.54, 1.807) is 11.3 Å². The van der Waals surface area contributed by atoms with Gasteiger partial charge in [-0.1, -0.05) is 12.1 Å². The molecule has 1 aromatic carbocycles. The largest absolute Gasteiger partial charge is 0.379 e. The molecule has 1 atom stereocenters. The number of carbonyl (C=O) groups excluding carboxylic acids is 1. The van der Waals surface area contributed by atoms with E-state index in [4.69, 9.17) is 4.74 Å². The number of aromatic nitrogens is 1. The van der Waals surface area contributed by atoms with E-state index in [9.17, 15) is 4.79 Å². The molecule has 1 unspecified atom stereocenters. The zero-order valence-electron chi connectivity index (χ0n) is 14.2. The highest BCUT2D eigenvalue weighted by Crippen LogP contribution is 2.22. The lowest BCUT2D eigenvalue weighted by Gasteiger charge is -2.29. The van der Waals surface area contributed by atoms with E-state index in [1.165, 1.54) is 4.70 Å². The number of hydrogen-bond donors (Lipinski definition) is 1. The fraction of sp³-hybridized carbons (Fsp3) is 0.556. The average molecular weight is 347 g/mol. The second-order valence-corrected chi connectivity index (χ2v) is 7.43. The third-order valence-corrected chi connectivity index (χ3v) is 5.27. The monoisotopic (exact) mass is 347 g/mol. The first-order valence-electron chi connectivity index (χ1n) is 8.64. The SMILES string of the molecule is CC(CN1CCOCC1)NC(=O)CCCc1nc2ccccc2s1. The summed E-state index contributed by atoms with van der Waals surface area (Å²) in [6.07, 6.45) is 2.27. The first-order valence-corrected chi connectivity index (χ1v) is 9.46. The van der Waals surface area contributed by atoms with Crippen molar-refractivity contribution in [3.8, 4) is 0 Å². The summed E-state index contributed by atoms with van der Waals surface area (Å²) in [6.45, 7) is 6.47. The second kappa shape index (κ2) is 8.55. The van der Waals surface area contributed by atoms with Gasteiger partial charge in [-0.3, -0.25) is 9.69 Å². The Morgan fingerprint density at radius 1 is 1.38 bits per heavy atom. The topological polar surface area (TPSA) is 54.5 Å². The molecule has 1 aliphatic rings. The first-order chi connectivity index (χ1) is 11.7. The van der Waals surface area contributed by atoms with Crippen molar-refractivity contribution in [1.29, 1.82) is 0 Å². The number of para-hydroxylation sites is 1. The van der Waals surface area contributed by atoms with Crippen LogP contribution in [0.5, 0.6) is 0 Å². The van der Waals surface area contributed by atoms with Crippen LogP contribution in [0.2, 0.25) is 0 Å². The molecule has 130 valence electrons. The van der Waals surface area contributed by atoms with Crippen LogP contribution in [-0.4, -0.2) is 54.7 Å². The minimum Gasteiger partial charge on any atom is -0.379 e. The predicted octanol–water partition coefficient (Wildman–Crippen LogP) is 2.46. The average Bonchev–Trinajstić information content (AvgIpc) is 2.98.